The summed E-state index contributed by atoms with van der Waals surface area (Å²) in [5, 5.41) is 12.7. The maximum Gasteiger partial charge on any atom is 0.337 e. The molecule has 1 aliphatic heterocycles. The summed E-state index contributed by atoms with van der Waals surface area (Å²) in [6.45, 7) is 2.13. The summed E-state index contributed by atoms with van der Waals surface area (Å²) in [5.41, 5.74) is 0.476. The van der Waals surface area contributed by atoms with E-state index in [0.29, 0.717) is 44.3 Å². The summed E-state index contributed by atoms with van der Waals surface area (Å²) in [7, 11) is 0. The molecule has 1 aliphatic rings. The van der Waals surface area contributed by atoms with Gasteiger partial charge in [-0.3, -0.25) is 4.79 Å². The Morgan fingerprint density at radius 1 is 1.24 bits per heavy atom. The number of aromatic carboxylic acids is 1. The van der Waals surface area contributed by atoms with Crippen LogP contribution in [0, 0.1) is 0 Å². The van der Waals surface area contributed by atoms with E-state index in [4.69, 9.17) is 20.8 Å². The molecule has 8 heteroatoms. The van der Waals surface area contributed by atoms with Gasteiger partial charge in [0.05, 0.1) is 47.9 Å². The molecule has 1 fully saturated rings. The molecule has 0 unspecified atom stereocenters. The van der Waals surface area contributed by atoms with Gasteiger partial charge in [-0.15, -0.1) is 0 Å². The monoisotopic (exact) mass is 364 g/mol. The number of morpholine rings is 1. The number of furan rings is 1. The molecule has 3 rings (SSSR count). The Morgan fingerprint density at radius 2 is 2.00 bits per heavy atom. The fraction of sp³-hybridized carbons (Fsp3) is 0.294. The quantitative estimate of drug-likeness (QED) is 0.847. The van der Waals surface area contributed by atoms with E-state index in [1.165, 1.54) is 18.4 Å². The lowest BCUT2D eigenvalue weighted by Gasteiger charge is -2.27. The topological polar surface area (TPSA) is 92.0 Å². The molecule has 0 saturated carbocycles. The lowest BCUT2D eigenvalue weighted by Crippen LogP contribution is -2.40. The maximum atomic E-state index is 12.6. The third kappa shape index (κ3) is 3.94. The molecule has 0 radical (unpaired) electrons. The minimum atomic E-state index is -1.14. The summed E-state index contributed by atoms with van der Waals surface area (Å²) in [6.07, 6.45) is 1.53. The van der Waals surface area contributed by atoms with E-state index < -0.39 is 5.97 Å². The van der Waals surface area contributed by atoms with Crippen molar-refractivity contribution in [1.82, 2.24) is 4.90 Å². The first kappa shape index (κ1) is 17.3. The number of rotatable bonds is 5. The van der Waals surface area contributed by atoms with E-state index in [0.717, 1.165) is 0 Å². The van der Waals surface area contributed by atoms with Gasteiger partial charge in [0, 0.05) is 13.1 Å². The summed E-state index contributed by atoms with van der Waals surface area (Å²) in [5.74, 6) is -0.788. The Bertz CT molecular complexity index is 770. The van der Waals surface area contributed by atoms with Crippen molar-refractivity contribution in [3.05, 3.63) is 52.4 Å². The zero-order chi connectivity index (χ0) is 17.8. The highest BCUT2D eigenvalue weighted by atomic mass is 35.5. The number of carboxylic acid groups (broad SMARTS) is 1. The summed E-state index contributed by atoms with van der Waals surface area (Å²) < 4.78 is 10.4. The van der Waals surface area contributed by atoms with Crippen LogP contribution >= 0.6 is 11.6 Å². The van der Waals surface area contributed by atoms with Gasteiger partial charge in [-0.2, -0.15) is 0 Å². The van der Waals surface area contributed by atoms with Crippen LogP contribution in [-0.4, -0.2) is 48.2 Å². The molecule has 0 aliphatic carbocycles. The number of carbonyl (C=O) groups is 2. The summed E-state index contributed by atoms with van der Waals surface area (Å²) in [6, 6.07) is 6.28. The molecule has 132 valence electrons. The second kappa shape index (κ2) is 7.58. The number of hydrogen-bond donors (Lipinski definition) is 2. The van der Waals surface area contributed by atoms with Crippen LogP contribution in [0.3, 0.4) is 0 Å². The standard InChI is InChI=1S/C17H17ClN2O5/c18-14-9-15(19-10-11-2-1-5-25-11)13(17(22)23)8-12(14)16(21)20-3-6-24-7-4-20/h1-2,5,8-9,19H,3-4,6-7,10H2,(H,22,23). The zero-order valence-corrected chi connectivity index (χ0v) is 14.1. The highest BCUT2D eigenvalue weighted by Crippen LogP contribution is 2.27. The number of amides is 1. The summed E-state index contributed by atoms with van der Waals surface area (Å²) in [4.78, 5) is 25.8. The highest BCUT2D eigenvalue weighted by Gasteiger charge is 2.24. The molecule has 2 heterocycles. The lowest BCUT2D eigenvalue weighted by atomic mass is 10.1. The molecule has 2 aromatic rings. The normalized spacial score (nSPS) is 14.4. The molecule has 0 bridgehead atoms. The zero-order valence-electron chi connectivity index (χ0n) is 13.3. The van der Waals surface area contributed by atoms with E-state index in [1.807, 2.05) is 0 Å². The van der Waals surface area contributed by atoms with Gasteiger partial charge in [-0.05, 0) is 24.3 Å². The molecular weight excluding hydrogens is 348 g/mol. The molecule has 1 amide bonds. The minimum absolute atomic E-state index is 0.0208. The fourth-order valence-corrected chi connectivity index (χ4v) is 2.84. The van der Waals surface area contributed by atoms with Crippen LogP contribution in [0.5, 0.6) is 0 Å². The van der Waals surface area contributed by atoms with E-state index in [2.05, 4.69) is 5.32 Å². The fourth-order valence-electron chi connectivity index (χ4n) is 2.59. The number of hydrogen-bond acceptors (Lipinski definition) is 5. The predicted molar refractivity (Wildman–Crippen MR) is 91.2 cm³/mol. The van der Waals surface area contributed by atoms with Gasteiger partial charge in [0.1, 0.15) is 5.76 Å². The van der Waals surface area contributed by atoms with Crippen molar-refractivity contribution >= 4 is 29.2 Å². The van der Waals surface area contributed by atoms with Gasteiger partial charge in [0.2, 0.25) is 0 Å². The Balaban J connectivity index is 1.86. The van der Waals surface area contributed by atoms with E-state index in [9.17, 15) is 14.7 Å². The number of carboxylic acids is 1. The van der Waals surface area contributed by atoms with Crippen LogP contribution in [-0.2, 0) is 11.3 Å². The van der Waals surface area contributed by atoms with Crippen molar-refractivity contribution < 1.29 is 23.8 Å². The number of halogens is 1. The Hall–Kier alpha value is -2.51. The average Bonchev–Trinajstić information content (AvgIpc) is 3.13. The molecular formula is C17H17ClN2O5. The molecule has 0 spiro atoms. The van der Waals surface area contributed by atoms with Gasteiger partial charge >= 0.3 is 5.97 Å². The Morgan fingerprint density at radius 3 is 2.64 bits per heavy atom. The van der Waals surface area contributed by atoms with Gasteiger partial charge in [0.25, 0.3) is 5.91 Å². The molecule has 7 nitrogen and oxygen atoms in total. The Labute approximate surface area is 149 Å². The number of ether oxygens (including phenoxy) is 1. The van der Waals surface area contributed by atoms with E-state index >= 15 is 0 Å². The lowest BCUT2D eigenvalue weighted by molar-refractivity contribution is 0.0303. The van der Waals surface area contributed by atoms with Crippen molar-refractivity contribution in [1.29, 1.82) is 0 Å². The van der Waals surface area contributed by atoms with E-state index in [-0.39, 0.29) is 22.1 Å². The SMILES string of the molecule is O=C(O)c1cc(C(=O)N2CCOCC2)c(Cl)cc1NCc1ccco1. The first-order chi connectivity index (χ1) is 12.1. The van der Waals surface area contributed by atoms with Crippen molar-refractivity contribution in [2.24, 2.45) is 0 Å². The van der Waals surface area contributed by atoms with Gasteiger partial charge in [-0.25, -0.2) is 4.79 Å². The third-order valence-corrected chi connectivity index (χ3v) is 4.21. The van der Waals surface area contributed by atoms with Crippen LogP contribution < -0.4 is 5.32 Å². The molecule has 1 aromatic carbocycles. The van der Waals surface area contributed by atoms with Crippen LogP contribution in [0.15, 0.2) is 34.9 Å². The second-order valence-corrected chi connectivity index (χ2v) is 5.93. The largest absolute Gasteiger partial charge is 0.478 e. The smallest absolute Gasteiger partial charge is 0.337 e. The predicted octanol–water partition coefficient (Wildman–Crippen LogP) is 2.72. The highest BCUT2D eigenvalue weighted by molar-refractivity contribution is 6.34. The Kier molecular flexibility index (Phi) is 5.25. The number of anilines is 1. The number of nitrogens with one attached hydrogen (secondary N) is 1. The van der Waals surface area contributed by atoms with Crippen molar-refractivity contribution in [2.75, 3.05) is 31.6 Å². The maximum absolute atomic E-state index is 12.6. The van der Waals surface area contributed by atoms with Crippen molar-refractivity contribution in [3.63, 3.8) is 0 Å². The third-order valence-electron chi connectivity index (χ3n) is 3.90. The molecule has 25 heavy (non-hydrogen) atoms. The van der Waals surface area contributed by atoms with Crippen LogP contribution in [0.4, 0.5) is 5.69 Å². The van der Waals surface area contributed by atoms with E-state index in [1.54, 1.807) is 17.0 Å². The van der Waals surface area contributed by atoms with Gasteiger partial charge in [0.15, 0.2) is 0 Å². The molecule has 1 saturated heterocycles. The molecule has 0 atom stereocenters. The van der Waals surface area contributed by atoms with Crippen molar-refractivity contribution in [2.45, 2.75) is 6.54 Å². The average molecular weight is 365 g/mol. The minimum Gasteiger partial charge on any atom is -0.478 e. The molecule has 1 aromatic heterocycles. The molecule has 2 N–H and O–H groups in total. The first-order valence-electron chi connectivity index (χ1n) is 7.76. The van der Waals surface area contributed by atoms with Gasteiger partial charge in [-0.1, -0.05) is 11.6 Å². The summed E-state index contributed by atoms with van der Waals surface area (Å²) >= 11 is 6.25. The van der Waals surface area contributed by atoms with Crippen LogP contribution in [0.1, 0.15) is 26.5 Å². The number of nitrogens with zero attached hydrogens (tertiary/aromatic N) is 1. The van der Waals surface area contributed by atoms with Gasteiger partial charge < -0.3 is 24.5 Å². The van der Waals surface area contributed by atoms with Crippen LogP contribution in [0.25, 0.3) is 0 Å². The second-order valence-electron chi connectivity index (χ2n) is 5.52. The van der Waals surface area contributed by atoms with Crippen LogP contribution in [0.2, 0.25) is 5.02 Å². The first-order valence-corrected chi connectivity index (χ1v) is 8.14. The number of carbonyl (C=O) groups excluding carboxylic acids is 1. The van der Waals surface area contributed by atoms with Crippen molar-refractivity contribution in [3.8, 4) is 0 Å². The number of benzene rings is 1.